The lowest BCUT2D eigenvalue weighted by atomic mass is 10.1. The van der Waals surface area contributed by atoms with E-state index in [4.69, 9.17) is 9.47 Å². The first-order chi connectivity index (χ1) is 14.1. The molecule has 0 unspecified atom stereocenters. The van der Waals surface area contributed by atoms with Crippen molar-refractivity contribution in [1.29, 1.82) is 0 Å². The average Bonchev–Trinajstić information content (AvgIpc) is 3.15. The van der Waals surface area contributed by atoms with E-state index in [1.165, 1.54) is 6.07 Å². The Bertz CT molecular complexity index is 898. The molecule has 154 valence electrons. The summed E-state index contributed by atoms with van der Waals surface area (Å²) >= 11 is 0. The number of nitrogens with zero attached hydrogens (tertiary/aromatic N) is 2. The van der Waals surface area contributed by atoms with Crippen molar-refractivity contribution in [3.05, 3.63) is 83.7 Å². The molecule has 0 saturated heterocycles. The Labute approximate surface area is 169 Å². The smallest absolute Gasteiger partial charge is 0.130 e. The maximum atomic E-state index is 14.4. The van der Waals surface area contributed by atoms with Crippen LogP contribution in [-0.4, -0.2) is 41.0 Å². The zero-order valence-electron chi connectivity index (χ0n) is 16.6. The van der Waals surface area contributed by atoms with Gasteiger partial charge in [-0.25, -0.2) is 9.37 Å². The van der Waals surface area contributed by atoms with Crippen LogP contribution >= 0.6 is 0 Å². The van der Waals surface area contributed by atoms with Crippen LogP contribution in [-0.2, 0) is 18.4 Å². The fourth-order valence-corrected chi connectivity index (χ4v) is 3.05. The van der Waals surface area contributed by atoms with E-state index in [9.17, 15) is 9.50 Å². The molecule has 7 heteroatoms. The minimum absolute atomic E-state index is 0.156. The highest BCUT2D eigenvalue weighted by atomic mass is 19.1. The number of halogens is 1. The SMILES string of the molecule is COc1ccc(COC[C@@H](O)CN[C@H](c2ccccc2F)c2nccn2C)cc1. The van der Waals surface area contributed by atoms with E-state index in [1.807, 2.05) is 35.9 Å². The second-order valence-corrected chi connectivity index (χ2v) is 6.78. The van der Waals surface area contributed by atoms with Gasteiger partial charge < -0.3 is 24.5 Å². The monoisotopic (exact) mass is 399 g/mol. The summed E-state index contributed by atoms with van der Waals surface area (Å²) in [7, 11) is 3.47. The lowest BCUT2D eigenvalue weighted by Crippen LogP contribution is -2.35. The van der Waals surface area contributed by atoms with Crippen LogP contribution in [0.3, 0.4) is 0 Å². The molecule has 1 heterocycles. The summed E-state index contributed by atoms with van der Waals surface area (Å²) < 4.78 is 26.9. The summed E-state index contributed by atoms with van der Waals surface area (Å²) in [6.07, 6.45) is 2.72. The molecule has 0 radical (unpaired) electrons. The molecule has 3 rings (SSSR count). The van der Waals surface area contributed by atoms with Crippen molar-refractivity contribution < 1.29 is 19.0 Å². The number of aliphatic hydroxyl groups excluding tert-OH is 1. The highest BCUT2D eigenvalue weighted by Gasteiger charge is 2.22. The van der Waals surface area contributed by atoms with Gasteiger partial charge >= 0.3 is 0 Å². The Morgan fingerprint density at radius 1 is 1.17 bits per heavy atom. The van der Waals surface area contributed by atoms with Crippen molar-refractivity contribution in [3.8, 4) is 5.75 Å². The van der Waals surface area contributed by atoms with Gasteiger partial charge in [0.05, 0.1) is 32.5 Å². The van der Waals surface area contributed by atoms with Gasteiger partial charge in [0.15, 0.2) is 0 Å². The highest BCUT2D eigenvalue weighted by molar-refractivity contribution is 5.27. The third kappa shape index (κ3) is 5.63. The summed E-state index contributed by atoms with van der Waals surface area (Å²) in [6.45, 7) is 0.773. The van der Waals surface area contributed by atoms with Gasteiger partial charge in [0.1, 0.15) is 17.4 Å². The van der Waals surface area contributed by atoms with E-state index >= 15 is 0 Å². The van der Waals surface area contributed by atoms with E-state index in [-0.39, 0.29) is 19.0 Å². The molecule has 6 nitrogen and oxygen atoms in total. The first kappa shape index (κ1) is 21.0. The van der Waals surface area contributed by atoms with Crippen molar-refractivity contribution in [2.75, 3.05) is 20.3 Å². The van der Waals surface area contributed by atoms with Crippen LogP contribution in [0.2, 0.25) is 0 Å². The molecule has 29 heavy (non-hydrogen) atoms. The molecule has 1 aromatic heterocycles. The zero-order chi connectivity index (χ0) is 20.6. The van der Waals surface area contributed by atoms with Crippen molar-refractivity contribution in [2.45, 2.75) is 18.8 Å². The Balaban J connectivity index is 1.56. The molecule has 0 bridgehead atoms. The second-order valence-electron chi connectivity index (χ2n) is 6.78. The quantitative estimate of drug-likeness (QED) is 0.549. The zero-order valence-corrected chi connectivity index (χ0v) is 16.6. The Hall–Kier alpha value is -2.74. The van der Waals surface area contributed by atoms with Gasteiger partial charge in [-0.15, -0.1) is 0 Å². The van der Waals surface area contributed by atoms with Crippen molar-refractivity contribution in [3.63, 3.8) is 0 Å². The molecule has 0 aliphatic rings. The molecule has 0 fully saturated rings. The van der Waals surface area contributed by atoms with Crippen LogP contribution in [0.25, 0.3) is 0 Å². The molecule has 2 atom stereocenters. The van der Waals surface area contributed by atoms with Crippen LogP contribution in [0.15, 0.2) is 60.9 Å². The van der Waals surface area contributed by atoms with E-state index in [2.05, 4.69) is 10.3 Å². The molecule has 0 aliphatic carbocycles. The topological polar surface area (TPSA) is 68.5 Å². The van der Waals surface area contributed by atoms with Crippen molar-refractivity contribution >= 4 is 0 Å². The van der Waals surface area contributed by atoms with E-state index < -0.39 is 12.1 Å². The van der Waals surface area contributed by atoms with Crippen LogP contribution in [0, 0.1) is 5.82 Å². The van der Waals surface area contributed by atoms with Crippen LogP contribution in [0.1, 0.15) is 23.0 Å². The molecular formula is C22H26FN3O3. The fraction of sp³-hybridized carbons (Fsp3) is 0.318. The van der Waals surface area contributed by atoms with Gasteiger partial charge in [0.25, 0.3) is 0 Å². The summed E-state index contributed by atoms with van der Waals surface area (Å²) in [5.41, 5.74) is 1.47. The Kier molecular flexibility index (Phi) is 7.35. The van der Waals surface area contributed by atoms with Gasteiger partial charge in [-0.2, -0.15) is 0 Å². The summed E-state index contributed by atoms with van der Waals surface area (Å²) in [6, 6.07) is 13.6. The number of nitrogens with one attached hydrogen (secondary N) is 1. The lowest BCUT2D eigenvalue weighted by Gasteiger charge is -2.21. The van der Waals surface area contributed by atoms with Gasteiger partial charge in [-0.05, 0) is 23.8 Å². The van der Waals surface area contributed by atoms with Crippen molar-refractivity contribution in [1.82, 2.24) is 14.9 Å². The number of imidazole rings is 1. The molecule has 3 aromatic rings. The number of hydrogen-bond acceptors (Lipinski definition) is 5. The number of aromatic nitrogens is 2. The summed E-state index contributed by atoms with van der Waals surface area (Å²) in [4.78, 5) is 4.34. The van der Waals surface area contributed by atoms with E-state index in [0.29, 0.717) is 18.0 Å². The summed E-state index contributed by atoms with van der Waals surface area (Å²) in [5.74, 6) is 1.13. The number of rotatable bonds is 10. The molecule has 2 N–H and O–H groups in total. The highest BCUT2D eigenvalue weighted by Crippen LogP contribution is 2.23. The number of methoxy groups -OCH3 is 1. The minimum atomic E-state index is -0.747. The van der Waals surface area contributed by atoms with Crippen LogP contribution in [0.5, 0.6) is 5.75 Å². The normalized spacial score (nSPS) is 13.2. The van der Waals surface area contributed by atoms with E-state index in [0.717, 1.165) is 11.3 Å². The predicted molar refractivity (Wildman–Crippen MR) is 108 cm³/mol. The lowest BCUT2D eigenvalue weighted by molar-refractivity contribution is 0.0279. The Morgan fingerprint density at radius 3 is 2.59 bits per heavy atom. The number of aryl methyl sites for hydroxylation is 1. The maximum Gasteiger partial charge on any atom is 0.130 e. The molecule has 0 saturated carbocycles. The minimum Gasteiger partial charge on any atom is -0.497 e. The predicted octanol–water partition coefficient (Wildman–Crippen LogP) is 2.82. The number of aliphatic hydroxyl groups is 1. The van der Waals surface area contributed by atoms with Gasteiger partial charge in [-0.1, -0.05) is 30.3 Å². The number of benzene rings is 2. The Morgan fingerprint density at radius 2 is 1.93 bits per heavy atom. The molecular weight excluding hydrogens is 373 g/mol. The fourth-order valence-electron chi connectivity index (χ4n) is 3.05. The number of ether oxygens (including phenoxy) is 2. The van der Waals surface area contributed by atoms with Crippen LogP contribution in [0.4, 0.5) is 4.39 Å². The van der Waals surface area contributed by atoms with Gasteiger partial charge in [0.2, 0.25) is 0 Å². The standard InChI is InChI=1S/C22H26FN3O3/c1-26-12-11-24-22(26)21(19-5-3-4-6-20(19)23)25-13-17(27)15-29-14-16-7-9-18(28-2)10-8-16/h3-12,17,21,25,27H,13-15H2,1-2H3/t17-,21+/m0/s1. The van der Waals surface area contributed by atoms with Crippen LogP contribution < -0.4 is 10.1 Å². The molecule has 0 amide bonds. The first-order valence-electron chi connectivity index (χ1n) is 9.42. The maximum absolute atomic E-state index is 14.4. The van der Waals surface area contributed by atoms with Crippen molar-refractivity contribution in [2.24, 2.45) is 7.05 Å². The first-order valence-corrected chi connectivity index (χ1v) is 9.42. The molecule has 0 aliphatic heterocycles. The third-order valence-electron chi connectivity index (χ3n) is 4.63. The molecule has 0 spiro atoms. The second kappa shape index (κ2) is 10.2. The van der Waals surface area contributed by atoms with E-state index in [1.54, 1.807) is 37.7 Å². The average molecular weight is 399 g/mol. The molecule has 2 aromatic carbocycles. The van der Waals surface area contributed by atoms with Gasteiger partial charge in [-0.3, -0.25) is 0 Å². The number of hydrogen-bond donors (Lipinski definition) is 2. The third-order valence-corrected chi connectivity index (χ3v) is 4.63. The largest absolute Gasteiger partial charge is 0.497 e. The summed E-state index contributed by atoms with van der Waals surface area (Å²) in [5, 5.41) is 13.5. The van der Waals surface area contributed by atoms with Gasteiger partial charge in [0, 0.05) is 31.5 Å².